The van der Waals surface area contributed by atoms with Crippen LogP contribution < -0.4 is 5.32 Å². The Morgan fingerprint density at radius 2 is 1.78 bits per heavy atom. The number of nitrogens with one attached hydrogen (secondary N) is 1. The van der Waals surface area contributed by atoms with Gasteiger partial charge in [-0.05, 0) is 63.1 Å². The molecule has 1 aromatic carbocycles. The van der Waals surface area contributed by atoms with Crippen molar-refractivity contribution in [1.82, 2.24) is 5.32 Å². The molecule has 0 saturated heterocycles. The molecule has 1 unspecified atom stereocenters. The number of hydrogen-bond acceptors (Lipinski definition) is 4. The topological polar surface area (TPSA) is 66.4 Å². The normalized spacial score (nSPS) is 11.4. The molecule has 32 heavy (non-hydrogen) atoms. The van der Waals surface area contributed by atoms with Crippen molar-refractivity contribution in [2.24, 2.45) is 0 Å². The molecule has 2 aromatic rings. The van der Waals surface area contributed by atoms with Gasteiger partial charge in [-0.3, -0.25) is 9.59 Å². The van der Waals surface area contributed by atoms with E-state index in [0.29, 0.717) is 11.7 Å². The van der Waals surface area contributed by atoms with Gasteiger partial charge in [-0.2, -0.15) is 13.2 Å². The smallest absolute Gasteiger partial charge is 0.388 e. The average Bonchev–Trinajstić information content (AvgIpc) is 3.13. The molecule has 180 valence electrons. The van der Waals surface area contributed by atoms with Crippen LogP contribution in [0.1, 0.15) is 52.8 Å². The lowest BCUT2D eigenvalue weighted by Crippen LogP contribution is -2.15. The molecule has 0 saturated carbocycles. The first-order valence-electron chi connectivity index (χ1n) is 9.76. The summed E-state index contributed by atoms with van der Waals surface area (Å²) in [6.45, 7) is 10.0. The van der Waals surface area contributed by atoms with Gasteiger partial charge in [0.2, 0.25) is 6.41 Å². The second-order valence-electron chi connectivity index (χ2n) is 6.76. The minimum absolute atomic E-state index is 0.0151. The van der Waals surface area contributed by atoms with Gasteiger partial charge in [0.15, 0.2) is 0 Å². The Morgan fingerprint density at radius 3 is 2.16 bits per heavy atom. The van der Waals surface area contributed by atoms with Crippen molar-refractivity contribution in [3.8, 4) is 0 Å². The molecule has 1 aromatic heterocycles. The number of benzene rings is 1. The average molecular weight is 557 g/mol. The van der Waals surface area contributed by atoms with Gasteiger partial charge in [-0.25, -0.2) is 0 Å². The van der Waals surface area contributed by atoms with Gasteiger partial charge >= 0.3 is 12.1 Å². The van der Waals surface area contributed by atoms with E-state index < -0.39 is 18.6 Å². The van der Waals surface area contributed by atoms with Crippen molar-refractivity contribution in [2.45, 2.75) is 63.8 Å². The Labute approximate surface area is 204 Å². The highest BCUT2D eigenvalue weighted by Gasteiger charge is 2.22. The number of rotatable bonds is 7. The molecule has 2 N–H and O–H groups in total. The van der Waals surface area contributed by atoms with Crippen LogP contribution in [-0.4, -0.2) is 30.2 Å². The van der Waals surface area contributed by atoms with E-state index in [1.807, 2.05) is 23.1 Å². The predicted molar refractivity (Wildman–Crippen MR) is 130 cm³/mol. The number of amides is 1. The van der Waals surface area contributed by atoms with Gasteiger partial charge in [0.25, 0.3) is 0 Å². The minimum Gasteiger partial charge on any atom is -0.481 e. The second kappa shape index (κ2) is 15.3. The molecule has 0 radical (unpaired) electrons. The first-order chi connectivity index (χ1) is 14.8. The summed E-state index contributed by atoms with van der Waals surface area (Å²) in [5, 5.41) is 10.7. The number of aryl methyl sites for hydroxylation is 3. The molecule has 2 rings (SSSR count). The Balaban J connectivity index is 0.000000571. The Kier molecular flexibility index (Phi) is 14.6. The zero-order chi connectivity index (χ0) is 24.9. The van der Waals surface area contributed by atoms with Gasteiger partial charge in [-0.15, -0.1) is 23.1 Å². The molecular formula is C22H29BrF3NO3S2. The van der Waals surface area contributed by atoms with Crippen LogP contribution in [0.4, 0.5) is 13.2 Å². The van der Waals surface area contributed by atoms with E-state index in [0.717, 1.165) is 6.92 Å². The number of carboxylic acids is 1. The number of thiophene rings is 1. The van der Waals surface area contributed by atoms with Gasteiger partial charge < -0.3 is 10.4 Å². The van der Waals surface area contributed by atoms with Crippen LogP contribution in [0.3, 0.4) is 0 Å². The first-order valence-corrected chi connectivity index (χ1v) is 12.2. The summed E-state index contributed by atoms with van der Waals surface area (Å²) in [6.07, 6.45) is -4.23. The van der Waals surface area contributed by atoms with E-state index >= 15 is 0 Å². The van der Waals surface area contributed by atoms with Gasteiger partial charge in [0.05, 0.1) is 6.42 Å². The Bertz CT molecular complexity index is 834. The highest BCUT2D eigenvalue weighted by molar-refractivity contribution is 9.10. The fourth-order valence-corrected chi connectivity index (χ4v) is 4.57. The third kappa shape index (κ3) is 13.8. The number of carboxylic acid groups (broad SMARTS) is 1. The fraction of sp³-hybridized carbons (Fsp3) is 0.455. The third-order valence-electron chi connectivity index (χ3n) is 3.85. The van der Waals surface area contributed by atoms with Crippen molar-refractivity contribution in [1.29, 1.82) is 0 Å². The molecule has 0 aliphatic rings. The Morgan fingerprint density at radius 1 is 1.25 bits per heavy atom. The third-order valence-corrected chi connectivity index (χ3v) is 7.55. The summed E-state index contributed by atoms with van der Waals surface area (Å²) in [7, 11) is 0. The van der Waals surface area contributed by atoms with Crippen molar-refractivity contribution in [3.05, 3.63) is 49.6 Å². The van der Waals surface area contributed by atoms with E-state index in [1.165, 1.54) is 30.2 Å². The first kappa shape index (κ1) is 30.5. The van der Waals surface area contributed by atoms with Crippen molar-refractivity contribution >= 4 is 51.4 Å². The van der Waals surface area contributed by atoms with Crippen LogP contribution in [0.25, 0.3) is 0 Å². The molecule has 4 nitrogen and oxygen atoms in total. The number of thioether (sulfide) groups is 1. The lowest BCUT2D eigenvalue weighted by Gasteiger charge is -2.12. The van der Waals surface area contributed by atoms with Crippen molar-refractivity contribution in [3.63, 3.8) is 0 Å². The quantitative estimate of drug-likeness (QED) is 0.211. The lowest BCUT2D eigenvalue weighted by molar-refractivity contribution is -0.137. The van der Waals surface area contributed by atoms with E-state index in [4.69, 9.17) is 5.11 Å². The Hall–Kier alpha value is -1.52. The van der Waals surface area contributed by atoms with Gasteiger partial charge in [0, 0.05) is 37.3 Å². The molecule has 0 bridgehead atoms. The van der Waals surface area contributed by atoms with E-state index in [-0.39, 0.29) is 13.0 Å². The number of halogens is 4. The predicted octanol–water partition coefficient (Wildman–Crippen LogP) is 7.45. The number of hydrogen-bond donors (Lipinski definition) is 2. The maximum atomic E-state index is 10.8. The molecule has 0 spiro atoms. The highest BCUT2D eigenvalue weighted by atomic mass is 79.9. The molecule has 1 heterocycles. The summed E-state index contributed by atoms with van der Waals surface area (Å²) < 4.78 is 33.6. The number of alkyl halides is 3. The summed E-state index contributed by atoms with van der Waals surface area (Å²) in [5.41, 5.74) is 2.62. The van der Waals surface area contributed by atoms with E-state index in [9.17, 15) is 22.8 Å². The summed E-state index contributed by atoms with van der Waals surface area (Å²) in [6, 6.07) is 8.98. The van der Waals surface area contributed by atoms with Crippen LogP contribution in [0.5, 0.6) is 0 Å². The van der Waals surface area contributed by atoms with Crippen LogP contribution in [-0.2, 0) is 9.59 Å². The summed E-state index contributed by atoms with van der Waals surface area (Å²) in [5.74, 6) is -0.903. The van der Waals surface area contributed by atoms with E-state index in [2.05, 4.69) is 73.2 Å². The van der Waals surface area contributed by atoms with Crippen LogP contribution in [0.2, 0.25) is 0 Å². The van der Waals surface area contributed by atoms with Crippen LogP contribution in [0.15, 0.2) is 33.6 Å². The van der Waals surface area contributed by atoms with Crippen molar-refractivity contribution < 1.29 is 27.9 Å². The SMILES string of the molecule is CCC(F)(F)F.Cc1ccc(C(C)Sc2cc(C)c(Br)c(C)c2)s1.O=CNCCC(=O)O. The molecule has 0 aliphatic carbocycles. The lowest BCUT2D eigenvalue weighted by atomic mass is 10.2. The summed E-state index contributed by atoms with van der Waals surface area (Å²) in [4.78, 5) is 23.4. The zero-order valence-electron chi connectivity index (χ0n) is 18.7. The summed E-state index contributed by atoms with van der Waals surface area (Å²) >= 11 is 7.45. The molecule has 0 fully saturated rings. The molecular weight excluding hydrogens is 527 g/mol. The maximum absolute atomic E-state index is 10.8. The van der Waals surface area contributed by atoms with Crippen LogP contribution in [0, 0.1) is 20.8 Å². The highest BCUT2D eigenvalue weighted by Crippen LogP contribution is 2.39. The molecule has 0 aliphatic heterocycles. The number of carbonyl (C=O) groups is 2. The van der Waals surface area contributed by atoms with E-state index in [1.54, 1.807) is 0 Å². The molecule has 10 heteroatoms. The molecule has 1 atom stereocenters. The maximum Gasteiger partial charge on any atom is 0.388 e. The van der Waals surface area contributed by atoms with Gasteiger partial charge in [-0.1, -0.05) is 22.9 Å². The van der Waals surface area contributed by atoms with Gasteiger partial charge in [0.1, 0.15) is 0 Å². The minimum atomic E-state index is -3.96. The fourth-order valence-electron chi connectivity index (χ4n) is 2.15. The number of aliphatic carboxylic acids is 1. The standard InChI is InChI=1S/C15H17BrS2.C4H7NO3.C3H5F3/c1-9-7-13(8-10(2)15(9)16)18-12(4)14-6-5-11(3)17-14;6-3-5-2-1-4(7)8;1-2-3(4,5)6/h5-8,12H,1-4H3;3H,1-2H2,(H,5,6)(H,7,8);2H2,1H3. The van der Waals surface area contributed by atoms with Crippen LogP contribution >= 0.6 is 39.0 Å². The van der Waals surface area contributed by atoms with Crippen molar-refractivity contribution in [2.75, 3.05) is 6.54 Å². The zero-order valence-corrected chi connectivity index (χ0v) is 21.9. The largest absolute Gasteiger partial charge is 0.481 e. The number of carbonyl (C=O) groups excluding carboxylic acids is 1. The second-order valence-corrected chi connectivity index (χ2v) is 10.3. The monoisotopic (exact) mass is 555 g/mol. The molecule has 1 amide bonds.